The molecule has 6 nitrogen and oxygen atoms in total. The molecule has 0 aromatic rings. The number of carbonyl (C=O) groups excluding carboxylic acids is 2. The third-order valence-corrected chi connectivity index (χ3v) is 1.09. The van der Waals surface area contributed by atoms with Gasteiger partial charge in [-0.2, -0.15) is 11.8 Å². The lowest BCUT2D eigenvalue weighted by atomic mass is 10.3. The van der Waals surface area contributed by atoms with Gasteiger partial charge in [-0.25, -0.2) is 4.79 Å². The van der Waals surface area contributed by atoms with Crippen molar-refractivity contribution in [1.82, 2.24) is 0 Å². The molecule has 0 amide bonds. The Labute approximate surface area is 64.6 Å². The Kier molecular flexibility index (Phi) is 4.36. The molecule has 0 spiro atoms. The lowest BCUT2D eigenvalue weighted by Crippen LogP contribution is -2.16. The predicted octanol–water partition coefficient (Wildman–Crippen LogP) is -1.42. The van der Waals surface area contributed by atoms with E-state index in [4.69, 9.17) is 0 Å². The summed E-state index contributed by atoms with van der Waals surface area (Å²) in [6.07, 6.45) is 0.741. The topological polar surface area (TPSA) is 105 Å². The van der Waals surface area contributed by atoms with Gasteiger partial charge < -0.3 is 9.68 Å². The second-order valence-corrected chi connectivity index (χ2v) is 1.96. The van der Waals surface area contributed by atoms with Gasteiger partial charge in [-0.3, -0.25) is 4.79 Å². The summed E-state index contributed by atoms with van der Waals surface area (Å²) < 4.78 is 0. The monoisotopic (exact) mass is 178 g/mol. The molecule has 11 heavy (non-hydrogen) atoms. The van der Waals surface area contributed by atoms with E-state index >= 15 is 0 Å². The van der Waals surface area contributed by atoms with E-state index in [2.05, 4.69) is 21.5 Å². The highest BCUT2D eigenvalue weighted by Crippen LogP contribution is 2.03. The highest BCUT2D eigenvalue weighted by atomic mass is 31.0. The van der Waals surface area contributed by atoms with Crippen LogP contribution in [0.1, 0.15) is 0 Å². The molecule has 0 heterocycles. The first kappa shape index (κ1) is 10.0. The summed E-state index contributed by atoms with van der Waals surface area (Å²) in [7, 11) is 1.75. The Morgan fingerprint density at radius 2 is 1.91 bits per heavy atom. The molecule has 0 aliphatic rings. The summed E-state index contributed by atoms with van der Waals surface area (Å²) >= 11 is 0. The molecular formula is C4H7N2O4P. The number of hydrogen-bond acceptors (Lipinski definition) is 6. The zero-order chi connectivity index (χ0) is 8.85. The summed E-state index contributed by atoms with van der Waals surface area (Å²) in [5.74, 6) is 8.06. The van der Waals surface area contributed by atoms with Crippen molar-refractivity contribution in [3.63, 3.8) is 0 Å². The van der Waals surface area contributed by atoms with Crippen molar-refractivity contribution in [2.45, 2.75) is 0 Å². The lowest BCUT2D eigenvalue weighted by molar-refractivity contribution is -0.140. The van der Waals surface area contributed by atoms with Crippen LogP contribution in [0.15, 0.2) is 11.8 Å². The largest absolute Gasteiger partial charge is 0.418 e. The van der Waals surface area contributed by atoms with Gasteiger partial charge in [0, 0.05) is 0 Å². The summed E-state index contributed by atoms with van der Waals surface area (Å²) in [6.45, 7) is 0. The minimum atomic E-state index is -1.00. The van der Waals surface area contributed by atoms with Crippen molar-refractivity contribution < 1.29 is 19.3 Å². The van der Waals surface area contributed by atoms with Gasteiger partial charge in [0.2, 0.25) is 0 Å². The fourth-order valence-corrected chi connectivity index (χ4v) is 0.524. The minimum absolute atomic E-state index is 0.375. The number of nitrogens with two attached hydrogens (primary N) is 2. The van der Waals surface area contributed by atoms with Crippen molar-refractivity contribution in [2.24, 2.45) is 11.8 Å². The van der Waals surface area contributed by atoms with Crippen LogP contribution in [0.4, 0.5) is 0 Å². The Bertz CT molecular complexity index is 202. The van der Waals surface area contributed by atoms with Crippen LogP contribution in [0, 0.1) is 0 Å². The first-order valence-corrected chi connectivity index (χ1v) is 2.97. The molecule has 0 aliphatic carbocycles. The Morgan fingerprint density at radius 1 is 1.36 bits per heavy atom. The van der Waals surface area contributed by atoms with E-state index in [0.29, 0.717) is 0 Å². The zero-order valence-electron chi connectivity index (χ0n) is 5.44. The average Bonchev–Trinajstić information content (AvgIpc) is 1.98. The van der Waals surface area contributed by atoms with Gasteiger partial charge in [0.1, 0.15) is 11.8 Å². The Hall–Kier alpha value is -0.970. The van der Waals surface area contributed by atoms with Gasteiger partial charge in [-0.1, -0.05) is 9.24 Å². The van der Waals surface area contributed by atoms with Crippen molar-refractivity contribution >= 4 is 20.7 Å². The molecular weight excluding hydrogens is 171 g/mol. The second kappa shape index (κ2) is 4.79. The van der Waals surface area contributed by atoms with E-state index in [1.165, 1.54) is 0 Å². The van der Waals surface area contributed by atoms with E-state index in [-0.39, 0.29) is 5.57 Å². The van der Waals surface area contributed by atoms with Gasteiger partial charge in [-0.15, -0.1) is 0 Å². The standard InChI is InChI=1S/C4H7N2O4P/c5-9-1-2(4(8)11)3(7)10-6/h1H,5-6,11H2/b2-1+. The van der Waals surface area contributed by atoms with Crippen LogP contribution in [-0.4, -0.2) is 11.5 Å². The molecule has 7 heteroatoms. The fraction of sp³-hybridized carbons (Fsp3) is 0. The smallest absolute Gasteiger partial charge is 0.363 e. The van der Waals surface area contributed by atoms with Gasteiger partial charge in [0.25, 0.3) is 0 Å². The molecule has 1 atom stereocenters. The number of carbonyl (C=O) groups is 2. The summed E-state index contributed by atoms with van der Waals surface area (Å²) in [5.41, 5.74) is -0.995. The van der Waals surface area contributed by atoms with Crippen LogP contribution >= 0.6 is 9.24 Å². The second-order valence-electron chi connectivity index (χ2n) is 1.44. The number of rotatable bonds is 3. The average molecular weight is 178 g/mol. The predicted molar refractivity (Wildman–Crippen MR) is 38.4 cm³/mol. The minimum Gasteiger partial charge on any atom is -0.418 e. The lowest BCUT2D eigenvalue weighted by Gasteiger charge is -1.97. The normalized spacial score (nSPS) is 10.6. The molecule has 1 unspecified atom stereocenters. The van der Waals surface area contributed by atoms with Crippen LogP contribution < -0.4 is 11.8 Å². The molecule has 62 valence electrons. The molecule has 0 rings (SSSR count). The first-order valence-electron chi connectivity index (χ1n) is 2.40. The Balaban J connectivity index is 4.48. The van der Waals surface area contributed by atoms with Crippen LogP contribution in [0.3, 0.4) is 0 Å². The highest BCUT2D eigenvalue weighted by molar-refractivity contribution is 7.41. The fourth-order valence-electron chi connectivity index (χ4n) is 0.338. The first-order chi connectivity index (χ1) is 5.13. The summed E-state index contributed by atoms with van der Waals surface area (Å²) in [6, 6.07) is 0. The maximum Gasteiger partial charge on any atom is 0.363 e. The Morgan fingerprint density at radius 3 is 2.18 bits per heavy atom. The third kappa shape index (κ3) is 3.08. The van der Waals surface area contributed by atoms with Crippen LogP contribution in [0.25, 0.3) is 0 Å². The van der Waals surface area contributed by atoms with Gasteiger partial charge in [0.15, 0.2) is 5.52 Å². The molecule has 4 N–H and O–H groups in total. The van der Waals surface area contributed by atoms with Crippen molar-refractivity contribution in [2.75, 3.05) is 0 Å². The molecule has 0 aromatic carbocycles. The van der Waals surface area contributed by atoms with E-state index < -0.39 is 11.5 Å². The van der Waals surface area contributed by atoms with Crippen LogP contribution in [0.2, 0.25) is 0 Å². The molecule has 0 aliphatic heterocycles. The SMILES string of the molecule is NO/C=C(/C(=O)P)C(=O)ON. The van der Waals surface area contributed by atoms with Crippen LogP contribution in [0.5, 0.6) is 0 Å². The van der Waals surface area contributed by atoms with Crippen molar-refractivity contribution in [3.8, 4) is 0 Å². The number of hydrogen-bond donors (Lipinski definition) is 2. The maximum absolute atomic E-state index is 10.6. The maximum atomic E-state index is 10.6. The van der Waals surface area contributed by atoms with Gasteiger partial charge >= 0.3 is 5.97 Å². The highest BCUT2D eigenvalue weighted by Gasteiger charge is 2.15. The molecule has 0 fully saturated rings. The molecule has 0 radical (unpaired) electrons. The van der Waals surface area contributed by atoms with E-state index in [1.54, 1.807) is 9.24 Å². The molecule has 0 aromatic heterocycles. The van der Waals surface area contributed by atoms with E-state index in [9.17, 15) is 9.59 Å². The van der Waals surface area contributed by atoms with Crippen molar-refractivity contribution in [1.29, 1.82) is 0 Å². The molecule has 0 saturated carbocycles. The zero-order valence-corrected chi connectivity index (χ0v) is 6.60. The molecule has 0 saturated heterocycles. The van der Waals surface area contributed by atoms with E-state index in [1.807, 2.05) is 0 Å². The molecule has 0 bridgehead atoms. The van der Waals surface area contributed by atoms with Gasteiger partial charge in [-0.05, 0) is 0 Å². The summed E-state index contributed by atoms with van der Waals surface area (Å²) in [5, 5.41) is 0. The van der Waals surface area contributed by atoms with E-state index in [0.717, 1.165) is 6.26 Å². The van der Waals surface area contributed by atoms with Crippen molar-refractivity contribution in [3.05, 3.63) is 11.8 Å². The summed E-state index contributed by atoms with van der Waals surface area (Å²) in [4.78, 5) is 28.8. The van der Waals surface area contributed by atoms with Gasteiger partial charge in [0.05, 0.1) is 0 Å². The quantitative estimate of drug-likeness (QED) is 0.137. The van der Waals surface area contributed by atoms with Crippen LogP contribution in [-0.2, 0) is 19.3 Å². The third-order valence-electron chi connectivity index (χ3n) is 0.778.